The maximum atomic E-state index is 12.3. The quantitative estimate of drug-likeness (QED) is 0.633. The van der Waals surface area contributed by atoms with E-state index in [1.165, 1.54) is 38.5 Å². The van der Waals surface area contributed by atoms with E-state index in [9.17, 15) is 4.79 Å². The van der Waals surface area contributed by atoms with Crippen molar-refractivity contribution in [2.24, 2.45) is 5.92 Å². The second-order valence-corrected chi connectivity index (χ2v) is 6.70. The highest BCUT2D eigenvalue weighted by Gasteiger charge is 2.33. The van der Waals surface area contributed by atoms with Gasteiger partial charge in [0.2, 0.25) is 5.91 Å². The molecule has 1 heterocycles. The third-order valence-electron chi connectivity index (χ3n) is 4.56. The fourth-order valence-electron chi connectivity index (χ4n) is 3.23. The fourth-order valence-corrected chi connectivity index (χ4v) is 3.93. The SMILES string of the molecule is O=C(CC1CCCCCC1)NC1(CBr)CCOCC1. The van der Waals surface area contributed by atoms with Gasteiger partial charge in [0.1, 0.15) is 0 Å². The first-order chi connectivity index (χ1) is 9.24. The lowest BCUT2D eigenvalue weighted by Gasteiger charge is -2.36. The Kier molecular flexibility index (Phi) is 6.14. The van der Waals surface area contributed by atoms with Gasteiger partial charge >= 0.3 is 0 Å². The lowest BCUT2D eigenvalue weighted by atomic mass is 9.90. The van der Waals surface area contributed by atoms with Crippen molar-refractivity contribution in [2.45, 2.75) is 63.3 Å². The number of hydrogen-bond donors (Lipinski definition) is 1. The van der Waals surface area contributed by atoms with Gasteiger partial charge in [-0.3, -0.25) is 4.79 Å². The van der Waals surface area contributed by atoms with E-state index in [0.29, 0.717) is 5.92 Å². The fraction of sp³-hybridized carbons (Fsp3) is 0.933. The molecule has 0 bridgehead atoms. The van der Waals surface area contributed by atoms with Crippen LogP contribution in [-0.2, 0) is 9.53 Å². The highest BCUT2D eigenvalue weighted by atomic mass is 79.9. The standard InChI is InChI=1S/C15H26BrNO2/c16-12-15(7-9-19-10-8-15)17-14(18)11-13-5-3-1-2-4-6-13/h13H,1-12H2,(H,17,18). The van der Waals surface area contributed by atoms with Crippen LogP contribution in [0.2, 0.25) is 0 Å². The van der Waals surface area contributed by atoms with Gasteiger partial charge in [0.05, 0.1) is 5.54 Å². The summed E-state index contributed by atoms with van der Waals surface area (Å²) >= 11 is 3.56. The Bertz CT molecular complexity index is 282. The first-order valence-electron chi connectivity index (χ1n) is 7.69. The summed E-state index contributed by atoms with van der Waals surface area (Å²) in [6.45, 7) is 1.52. The van der Waals surface area contributed by atoms with Crippen molar-refractivity contribution in [2.75, 3.05) is 18.5 Å². The van der Waals surface area contributed by atoms with Gasteiger partial charge in [-0.15, -0.1) is 0 Å². The first kappa shape index (κ1) is 15.3. The van der Waals surface area contributed by atoms with Crippen LogP contribution in [0.25, 0.3) is 0 Å². The third kappa shape index (κ3) is 4.75. The van der Waals surface area contributed by atoms with E-state index < -0.39 is 0 Å². The molecule has 1 N–H and O–H groups in total. The van der Waals surface area contributed by atoms with Gasteiger partial charge in [0.25, 0.3) is 0 Å². The molecule has 1 saturated carbocycles. The average Bonchev–Trinajstić information content (AvgIpc) is 2.68. The van der Waals surface area contributed by atoms with Gasteiger partial charge in [-0.05, 0) is 31.6 Å². The van der Waals surface area contributed by atoms with E-state index in [2.05, 4.69) is 21.2 Å². The number of nitrogens with one attached hydrogen (secondary N) is 1. The third-order valence-corrected chi connectivity index (χ3v) is 5.63. The average molecular weight is 332 g/mol. The van der Waals surface area contributed by atoms with Crippen molar-refractivity contribution in [3.05, 3.63) is 0 Å². The van der Waals surface area contributed by atoms with Crippen LogP contribution in [0.3, 0.4) is 0 Å². The second-order valence-electron chi connectivity index (χ2n) is 6.14. The number of halogens is 1. The van der Waals surface area contributed by atoms with E-state index in [1.54, 1.807) is 0 Å². The zero-order valence-electron chi connectivity index (χ0n) is 11.8. The van der Waals surface area contributed by atoms with Crippen LogP contribution in [0.1, 0.15) is 57.8 Å². The summed E-state index contributed by atoms with van der Waals surface area (Å²) in [5.41, 5.74) is -0.0694. The van der Waals surface area contributed by atoms with Crippen molar-refractivity contribution >= 4 is 21.8 Å². The maximum Gasteiger partial charge on any atom is 0.220 e. The number of carbonyl (C=O) groups is 1. The van der Waals surface area contributed by atoms with Crippen LogP contribution < -0.4 is 5.32 Å². The van der Waals surface area contributed by atoms with Gasteiger partial charge in [-0.2, -0.15) is 0 Å². The molecule has 1 saturated heterocycles. The Morgan fingerprint density at radius 2 is 1.79 bits per heavy atom. The first-order valence-corrected chi connectivity index (χ1v) is 8.81. The van der Waals surface area contributed by atoms with Crippen LogP contribution >= 0.6 is 15.9 Å². The van der Waals surface area contributed by atoms with Crippen molar-refractivity contribution in [3.8, 4) is 0 Å². The van der Waals surface area contributed by atoms with Gasteiger partial charge in [-0.1, -0.05) is 41.6 Å². The van der Waals surface area contributed by atoms with Crippen LogP contribution in [0.4, 0.5) is 0 Å². The van der Waals surface area contributed by atoms with Crippen LogP contribution in [-0.4, -0.2) is 30.0 Å². The van der Waals surface area contributed by atoms with Crippen LogP contribution in [0, 0.1) is 5.92 Å². The molecule has 2 fully saturated rings. The molecule has 1 amide bonds. The molecule has 0 aromatic rings. The molecule has 2 rings (SSSR count). The number of rotatable bonds is 4. The van der Waals surface area contributed by atoms with E-state index >= 15 is 0 Å². The Morgan fingerprint density at radius 1 is 1.16 bits per heavy atom. The van der Waals surface area contributed by atoms with E-state index in [1.807, 2.05) is 0 Å². The smallest absolute Gasteiger partial charge is 0.220 e. The second kappa shape index (κ2) is 7.63. The Labute approximate surface area is 125 Å². The molecule has 19 heavy (non-hydrogen) atoms. The predicted octanol–water partition coefficient (Wildman–Crippen LogP) is 3.41. The summed E-state index contributed by atoms with van der Waals surface area (Å²) < 4.78 is 5.40. The van der Waals surface area contributed by atoms with Crippen LogP contribution in [0.5, 0.6) is 0 Å². The summed E-state index contributed by atoms with van der Waals surface area (Å²) in [4.78, 5) is 12.3. The minimum atomic E-state index is -0.0694. The minimum Gasteiger partial charge on any atom is -0.381 e. The molecule has 0 aromatic heterocycles. The van der Waals surface area contributed by atoms with Gasteiger partial charge in [-0.25, -0.2) is 0 Å². The highest BCUT2D eigenvalue weighted by molar-refractivity contribution is 9.09. The Hall–Kier alpha value is -0.0900. The Morgan fingerprint density at radius 3 is 2.37 bits per heavy atom. The monoisotopic (exact) mass is 331 g/mol. The van der Waals surface area contributed by atoms with Crippen molar-refractivity contribution in [3.63, 3.8) is 0 Å². The Balaban J connectivity index is 1.81. The molecule has 1 aliphatic carbocycles. The summed E-state index contributed by atoms with van der Waals surface area (Å²) in [5.74, 6) is 0.850. The molecule has 0 aromatic carbocycles. The molecular formula is C15H26BrNO2. The molecule has 110 valence electrons. The van der Waals surface area contributed by atoms with Crippen molar-refractivity contribution < 1.29 is 9.53 Å². The number of carbonyl (C=O) groups excluding carboxylic acids is 1. The van der Waals surface area contributed by atoms with Crippen LogP contribution in [0.15, 0.2) is 0 Å². The minimum absolute atomic E-state index is 0.0694. The summed E-state index contributed by atoms with van der Waals surface area (Å²) in [6, 6.07) is 0. The molecular weight excluding hydrogens is 306 g/mol. The maximum absolute atomic E-state index is 12.3. The lowest BCUT2D eigenvalue weighted by Crippen LogP contribution is -2.53. The molecule has 2 aliphatic rings. The molecule has 1 aliphatic heterocycles. The molecule has 0 spiro atoms. The number of ether oxygens (including phenoxy) is 1. The van der Waals surface area contributed by atoms with Gasteiger partial charge < -0.3 is 10.1 Å². The summed E-state index contributed by atoms with van der Waals surface area (Å²) in [5, 5.41) is 4.12. The molecule has 0 unspecified atom stereocenters. The number of hydrogen-bond acceptors (Lipinski definition) is 2. The van der Waals surface area contributed by atoms with E-state index in [4.69, 9.17) is 4.74 Å². The lowest BCUT2D eigenvalue weighted by molar-refractivity contribution is -0.124. The summed E-state index contributed by atoms with van der Waals surface area (Å²) in [6.07, 6.45) is 10.3. The zero-order valence-corrected chi connectivity index (χ0v) is 13.3. The largest absolute Gasteiger partial charge is 0.381 e. The zero-order chi connectivity index (χ0) is 13.6. The van der Waals surface area contributed by atoms with Crippen molar-refractivity contribution in [1.29, 1.82) is 0 Å². The summed E-state index contributed by atoms with van der Waals surface area (Å²) in [7, 11) is 0. The molecule has 4 heteroatoms. The van der Waals surface area contributed by atoms with Crippen molar-refractivity contribution in [1.82, 2.24) is 5.32 Å². The molecule has 3 nitrogen and oxygen atoms in total. The van der Waals surface area contributed by atoms with E-state index in [-0.39, 0.29) is 11.4 Å². The number of alkyl halides is 1. The molecule has 0 radical (unpaired) electrons. The number of amides is 1. The normalized spacial score (nSPS) is 24.7. The van der Waals surface area contributed by atoms with Gasteiger partial charge in [0, 0.05) is 25.0 Å². The van der Waals surface area contributed by atoms with E-state index in [0.717, 1.165) is 37.8 Å². The van der Waals surface area contributed by atoms with Gasteiger partial charge in [0.15, 0.2) is 0 Å². The molecule has 0 atom stereocenters. The predicted molar refractivity (Wildman–Crippen MR) is 80.5 cm³/mol. The topological polar surface area (TPSA) is 38.3 Å². The highest BCUT2D eigenvalue weighted by Crippen LogP contribution is 2.27.